The zero-order chi connectivity index (χ0) is 12.8. The van der Waals surface area contributed by atoms with Gasteiger partial charge in [0.15, 0.2) is 0 Å². The maximum Gasteiger partial charge on any atom is 0.220 e. The van der Waals surface area contributed by atoms with E-state index >= 15 is 0 Å². The topological polar surface area (TPSA) is 41.1 Å². The third-order valence-electron chi connectivity index (χ3n) is 3.53. The summed E-state index contributed by atoms with van der Waals surface area (Å²) in [5.41, 5.74) is 1.36. The molecular weight excluding hydrogens is 244 g/mol. The molecule has 4 heteroatoms. The lowest BCUT2D eigenvalue weighted by molar-refractivity contribution is -0.121. The second-order valence-corrected chi connectivity index (χ2v) is 6.04. The van der Waals surface area contributed by atoms with Crippen molar-refractivity contribution in [1.82, 2.24) is 10.6 Å². The van der Waals surface area contributed by atoms with E-state index in [-0.39, 0.29) is 5.91 Å². The molecule has 2 heterocycles. The van der Waals surface area contributed by atoms with Crippen LogP contribution >= 0.6 is 11.3 Å². The molecule has 1 atom stereocenters. The normalized spacial score (nSPS) is 19.1. The van der Waals surface area contributed by atoms with Crippen molar-refractivity contribution in [2.45, 2.75) is 32.6 Å². The van der Waals surface area contributed by atoms with Gasteiger partial charge in [-0.1, -0.05) is 0 Å². The van der Waals surface area contributed by atoms with E-state index in [1.54, 1.807) is 11.3 Å². The molecule has 0 spiro atoms. The first-order valence-corrected chi connectivity index (χ1v) is 7.64. The molecule has 0 aliphatic carbocycles. The van der Waals surface area contributed by atoms with Crippen LogP contribution in [0, 0.1) is 12.8 Å². The molecule has 100 valence electrons. The predicted octanol–water partition coefficient (Wildman–Crippen LogP) is 2.10. The monoisotopic (exact) mass is 266 g/mol. The van der Waals surface area contributed by atoms with Gasteiger partial charge in [-0.3, -0.25) is 4.79 Å². The van der Waals surface area contributed by atoms with Crippen molar-refractivity contribution in [3.05, 3.63) is 21.9 Å². The Kier molecular flexibility index (Phi) is 5.20. The van der Waals surface area contributed by atoms with E-state index in [4.69, 9.17) is 0 Å². The third-order valence-corrected chi connectivity index (χ3v) is 4.61. The van der Waals surface area contributed by atoms with Crippen molar-refractivity contribution in [2.24, 2.45) is 5.92 Å². The van der Waals surface area contributed by atoms with Crippen LogP contribution < -0.4 is 10.6 Å². The first-order chi connectivity index (χ1) is 8.75. The minimum absolute atomic E-state index is 0.205. The van der Waals surface area contributed by atoms with E-state index in [2.05, 4.69) is 29.0 Å². The van der Waals surface area contributed by atoms with Crippen LogP contribution in [-0.4, -0.2) is 25.5 Å². The first kappa shape index (κ1) is 13.6. The lowest BCUT2D eigenvalue weighted by Gasteiger charge is -2.09. The molecule has 3 nitrogen and oxygen atoms in total. The van der Waals surface area contributed by atoms with Crippen molar-refractivity contribution in [3.8, 4) is 0 Å². The number of carbonyl (C=O) groups excluding carboxylic acids is 1. The van der Waals surface area contributed by atoms with Crippen LogP contribution in [0.2, 0.25) is 0 Å². The average molecular weight is 266 g/mol. The molecule has 1 aliphatic heterocycles. The molecule has 1 aromatic rings. The van der Waals surface area contributed by atoms with Gasteiger partial charge < -0.3 is 10.6 Å². The number of aryl methyl sites for hydroxylation is 2. The standard InChI is InChI=1S/C14H22N2OS/c1-11-6-8-18-13(11)3-2-4-14(17)16-10-12-5-7-15-9-12/h6,8,12,15H,2-5,7,9-10H2,1H3,(H,16,17). The zero-order valence-electron chi connectivity index (χ0n) is 11.0. The van der Waals surface area contributed by atoms with Crippen molar-refractivity contribution in [3.63, 3.8) is 0 Å². The quantitative estimate of drug-likeness (QED) is 0.828. The molecule has 1 fully saturated rings. The van der Waals surface area contributed by atoms with Gasteiger partial charge in [-0.25, -0.2) is 0 Å². The summed E-state index contributed by atoms with van der Waals surface area (Å²) in [5.74, 6) is 0.838. The Labute approximate surface area is 113 Å². The number of carbonyl (C=O) groups is 1. The van der Waals surface area contributed by atoms with Gasteiger partial charge in [0.05, 0.1) is 0 Å². The highest BCUT2D eigenvalue weighted by Gasteiger charge is 2.14. The Morgan fingerprint density at radius 3 is 3.17 bits per heavy atom. The Balaban J connectivity index is 1.58. The molecule has 0 saturated carbocycles. The van der Waals surface area contributed by atoms with E-state index in [9.17, 15) is 4.79 Å². The van der Waals surface area contributed by atoms with Gasteiger partial charge in [0, 0.05) is 17.8 Å². The summed E-state index contributed by atoms with van der Waals surface area (Å²) in [6.45, 7) is 5.12. The van der Waals surface area contributed by atoms with Crippen LogP contribution in [-0.2, 0) is 11.2 Å². The Morgan fingerprint density at radius 1 is 1.61 bits per heavy atom. The molecule has 0 radical (unpaired) electrons. The van der Waals surface area contributed by atoms with Gasteiger partial charge >= 0.3 is 0 Å². The van der Waals surface area contributed by atoms with Gasteiger partial charge in [-0.05, 0) is 62.2 Å². The fraction of sp³-hybridized carbons (Fsp3) is 0.643. The van der Waals surface area contributed by atoms with Crippen LogP contribution in [0.1, 0.15) is 29.7 Å². The number of amides is 1. The number of rotatable bonds is 6. The van der Waals surface area contributed by atoms with Crippen LogP contribution in [0.3, 0.4) is 0 Å². The van der Waals surface area contributed by atoms with E-state index in [1.807, 2.05) is 0 Å². The molecule has 1 aromatic heterocycles. The summed E-state index contributed by atoms with van der Waals surface area (Å²) in [7, 11) is 0. The summed E-state index contributed by atoms with van der Waals surface area (Å²) >= 11 is 1.79. The van der Waals surface area contributed by atoms with Gasteiger partial charge in [0.25, 0.3) is 0 Å². The van der Waals surface area contributed by atoms with Crippen molar-refractivity contribution in [2.75, 3.05) is 19.6 Å². The molecule has 0 bridgehead atoms. The van der Waals surface area contributed by atoms with Crippen LogP contribution in [0.5, 0.6) is 0 Å². The highest BCUT2D eigenvalue weighted by Crippen LogP contribution is 2.17. The molecule has 1 unspecified atom stereocenters. The molecule has 0 aromatic carbocycles. The number of hydrogen-bond donors (Lipinski definition) is 2. The second kappa shape index (κ2) is 6.90. The fourth-order valence-corrected chi connectivity index (χ4v) is 3.26. The molecule has 18 heavy (non-hydrogen) atoms. The largest absolute Gasteiger partial charge is 0.356 e. The number of thiophene rings is 1. The van der Waals surface area contributed by atoms with E-state index in [1.165, 1.54) is 16.9 Å². The Hall–Kier alpha value is -0.870. The van der Waals surface area contributed by atoms with Crippen LogP contribution in [0.15, 0.2) is 11.4 Å². The van der Waals surface area contributed by atoms with Gasteiger partial charge in [0.2, 0.25) is 5.91 Å². The summed E-state index contributed by atoms with van der Waals surface area (Å²) in [6.07, 6.45) is 3.82. The summed E-state index contributed by atoms with van der Waals surface area (Å²) in [4.78, 5) is 13.1. The maximum atomic E-state index is 11.7. The minimum atomic E-state index is 0.205. The smallest absolute Gasteiger partial charge is 0.220 e. The Bertz CT molecular complexity index is 383. The minimum Gasteiger partial charge on any atom is -0.356 e. The molecule has 1 saturated heterocycles. The molecule has 1 amide bonds. The molecule has 1 aliphatic rings. The number of nitrogens with one attached hydrogen (secondary N) is 2. The average Bonchev–Trinajstić information content (AvgIpc) is 2.99. The predicted molar refractivity (Wildman–Crippen MR) is 76.0 cm³/mol. The summed E-state index contributed by atoms with van der Waals surface area (Å²) < 4.78 is 0. The van der Waals surface area contributed by atoms with E-state index < -0.39 is 0 Å². The number of hydrogen-bond acceptors (Lipinski definition) is 3. The van der Waals surface area contributed by atoms with E-state index in [0.29, 0.717) is 12.3 Å². The van der Waals surface area contributed by atoms with Gasteiger partial charge in [-0.2, -0.15) is 0 Å². The molecule has 2 rings (SSSR count). The van der Waals surface area contributed by atoms with Crippen LogP contribution in [0.4, 0.5) is 0 Å². The van der Waals surface area contributed by atoms with Crippen LogP contribution in [0.25, 0.3) is 0 Å². The van der Waals surface area contributed by atoms with Crippen molar-refractivity contribution < 1.29 is 4.79 Å². The third kappa shape index (κ3) is 4.10. The first-order valence-electron chi connectivity index (χ1n) is 6.76. The molecular formula is C14H22N2OS. The van der Waals surface area contributed by atoms with Gasteiger partial charge in [-0.15, -0.1) is 11.3 Å². The summed E-state index contributed by atoms with van der Waals surface area (Å²) in [6, 6.07) is 2.15. The Morgan fingerprint density at radius 2 is 2.50 bits per heavy atom. The second-order valence-electron chi connectivity index (χ2n) is 5.04. The SMILES string of the molecule is Cc1ccsc1CCCC(=O)NCC1CCNC1. The highest BCUT2D eigenvalue weighted by molar-refractivity contribution is 7.10. The van der Waals surface area contributed by atoms with Crippen molar-refractivity contribution >= 4 is 17.2 Å². The summed E-state index contributed by atoms with van der Waals surface area (Å²) in [5, 5.41) is 8.48. The molecule has 2 N–H and O–H groups in total. The zero-order valence-corrected chi connectivity index (χ0v) is 11.8. The van der Waals surface area contributed by atoms with E-state index in [0.717, 1.165) is 32.5 Å². The fourth-order valence-electron chi connectivity index (χ4n) is 2.30. The van der Waals surface area contributed by atoms with Gasteiger partial charge in [0.1, 0.15) is 0 Å². The lowest BCUT2D eigenvalue weighted by atomic mass is 10.1. The highest BCUT2D eigenvalue weighted by atomic mass is 32.1. The van der Waals surface area contributed by atoms with Crippen molar-refractivity contribution in [1.29, 1.82) is 0 Å². The lowest BCUT2D eigenvalue weighted by Crippen LogP contribution is -2.30. The maximum absolute atomic E-state index is 11.7.